The Morgan fingerprint density at radius 3 is 2.24 bits per heavy atom. The van der Waals surface area contributed by atoms with Crippen LogP contribution >= 0.6 is 0 Å². The minimum atomic E-state index is -4.29. The van der Waals surface area contributed by atoms with E-state index in [4.69, 9.17) is 0 Å². The molecule has 4 rings (SSSR count). The van der Waals surface area contributed by atoms with E-state index in [0.717, 1.165) is 3.97 Å². The number of fused-ring (bicyclic) bond motifs is 1. The van der Waals surface area contributed by atoms with Crippen molar-refractivity contribution in [2.24, 2.45) is 0 Å². The summed E-state index contributed by atoms with van der Waals surface area (Å²) < 4.78 is 27.7. The van der Waals surface area contributed by atoms with Gasteiger partial charge in [-0.2, -0.15) is 0 Å². The first-order chi connectivity index (χ1) is 16.3. The molecule has 0 aliphatic carbocycles. The van der Waals surface area contributed by atoms with Gasteiger partial charge in [0.2, 0.25) is 5.91 Å². The molecule has 0 bridgehead atoms. The summed E-state index contributed by atoms with van der Waals surface area (Å²) in [5.41, 5.74) is 0.0800. The van der Waals surface area contributed by atoms with Gasteiger partial charge in [0.05, 0.1) is 10.3 Å². The largest absolute Gasteiger partial charge is 0.477 e. The Morgan fingerprint density at radius 2 is 1.62 bits per heavy atom. The lowest BCUT2D eigenvalue weighted by molar-refractivity contribution is -0.118. The average Bonchev–Trinajstić information content (AvgIpc) is 3.24. The van der Waals surface area contributed by atoms with Crippen molar-refractivity contribution in [3.05, 3.63) is 72.4 Å². The predicted octanol–water partition coefficient (Wildman–Crippen LogP) is 2.58. The van der Waals surface area contributed by atoms with Gasteiger partial charge in [0.25, 0.3) is 10.0 Å². The molecule has 0 fully saturated rings. The molecule has 0 spiro atoms. The Hall–Kier alpha value is -4.25. The van der Waals surface area contributed by atoms with E-state index in [1.165, 1.54) is 25.1 Å². The zero-order chi connectivity index (χ0) is 24.3. The highest BCUT2D eigenvalue weighted by Crippen LogP contribution is 2.31. The molecule has 3 N–H and O–H groups in total. The Kier molecular flexibility index (Phi) is 6.28. The van der Waals surface area contributed by atoms with Crippen molar-refractivity contribution < 1.29 is 23.1 Å². The normalized spacial score (nSPS) is 11.3. The van der Waals surface area contributed by atoms with Gasteiger partial charge in [0.1, 0.15) is 11.5 Å². The van der Waals surface area contributed by atoms with Gasteiger partial charge >= 0.3 is 5.97 Å². The lowest BCUT2D eigenvalue weighted by Crippen LogP contribution is -2.26. The van der Waals surface area contributed by atoms with Gasteiger partial charge in [-0.05, 0) is 18.2 Å². The molecule has 0 aliphatic heterocycles. The van der Waals surface area contributed by atoms with Crippen molar-refractivity contribution in [3.8, 4) is 11.4 Å². The standard InChI is InChI=1S/C23H21N5O5S/c1-15(29)24-12-13-25-21-18-14-19(23(30)31)28(34(32,33)17-10-6-3-7-11-17)22(18)27-20(26-21)16-8-4-2-5-9-16/h2-11,14H,12-13H2,1H3,(H,24,29)(H,30,31)(H,25,26,27). The zero-order valence-corrected chi connectivity index (χ0v) is 18.9. The fraction of sp³-hybridized carbons (Fsp3) is 0.130. The van der Waals surface area contributed by atoms with Gasteiger partial charge in [-0.25, -0.2) is 27.2 Å². The van der Waals surface area contributed by atoms with Gasteiger partial charge in [0.15, 0.2) is 11.5 Å². The van der Waals surface area contributed by atoms with Crippen LogP contribution in [0.3, 0.4) is 0 Å². The predicted molar refractivity (Wildman–Crippen MR) is 126 cm³/mol. The number of aromatic carboxylic acids is 1. The van der Waals surface area contributed by atoms with Crippen LogP contribution in [0.4, 0.5) is 5.82 Å². The number of aromatic nitrogens is 3. The molecule has 0 saturated carbocycles. The number of carbonyl (C=O) groups excluding carboxylic acids is 1. The van der Waals surface area contributed by atoms with E-state index in [0.29, 0.717) is 5.56 Å². The highest BCUT2D eigenvalue weighted by molar-refractivity contribution is 7.90. The number of carboxylic acid groups (broad SMARTS) is 1. The minimum absolute atomic E-state index is 0.0721. The summed E-state index contributed by atoms with van der Waals surface area (Å²) in [6, 6.07) is 17.7. The van der Waals surface area contributed by atoms with E-state index < -0.39 is 21.7 Å². The monoisotopic (exact) mass is 479 g/mol. The number of rotatable bonds is 8. The average molecular weight is 480 g/mol. The summed E-state index contributed by atoms with van der Waals surface area (Å²) in [6.45, 7) is 1.96. The molecule has 0 atom stereocenters. The Balaban J connectivity index is 1.96. The molecule has 2 heterocycles. The van der Waals surface area contributed by atoms with Gasteiger partial charge in [-0.1, -0.05) is 48.5 Å². The first-order valence-corrected chi connectivity index (χ1v) is 11.7. The van der Waals surface area contributed by atoms with Crippen molar-refractivity contribution in [1.29, 1.82) is 0 Å². The maximum Gasteiger partial charge on any atom is 0.353 e. The summed E-state index contributed by atoms with van der Waals surface area (Å²) in [7, 11) is -4.29. The molecule has 11 heteroatoms. The number of hydrogen-bond donors (Lipinski definition) is 3. The molecule has 0 unspecified atom stereocenters. The van der Waals surface area contributed by atoms with E-state index in [-0.39, 0.29) is 46.6 Å². The van der Waals surface area contributed by atoms with Crippen molar-refractivity contribution >= 4 is 38.8 Å². The molecule has 0 aliphatic rings. The summed E-state index contributed by atoms with van der Waals surface area (Å²) in [4.78, 5) is 32.1. The molecule has 2 aromatic heterocycles. The highest BCUT2D eigenvalue weighted by Gasteiger charge is 2.29. The lowest BCUT2D eigenvalue weighted by Gasteiger charge is -2.12. The number of carbonyl (C=O) groups is 2. The molecule has 1 amide bonds. The maximum absolute atomic E-state index is 13.5. The van der Waals surface area contributed by atoms with Crippen LogP contribution in [0.1, 0.15) is 17.4 Å². The van der Waals surface area contributed by atoms with Gasteiger partial charge < -0.3 is 15.7 Å². The fourth-order valence-electron chi connectivity index (χ4n) is 3.42. The number of nitrogens with one attached hydrogen (secondary N) is 2. The topological polar surface area (TPSA) is 143 Å². The third kappa shape index (κ3) is 4.46. The van der Waals surface area contributed by atoms with Crippen LogP contribution < -0.4 is 10.6 Å². The second-order valence-corrected chi connectivity index (χ2v) is 9.11. The summed E-state index contributed by atoms with van der Waals surface area (Å²) in [5.74, 6) is -1.16. The van der Waals surface area contributed by atoms with Crippen molar-refractivity contribution in [3.63, 3.8) is 0 Å². The summed E-state index contributed by atoms with van der Waals surface area (Å²) >= 11 is 0. The number of carboxylic acids is 1. The Bertz CT molecular complexity index is 1470. The Morgan fingerprint density at radius 1 is 0.971 bits per heavy atom. The summed E-state index contributed by atoms with van der Waals surface area (Å²) in [5, 5.41) is 15.8. The summed E-state index contributed by atoms with van der Waals surface area (Å²) in [6.07, 6.45) is 0. The van der Waals surface area contributed by atoms with E-state index in [1.54, 1.807) is 42.5 Å². The van der Waals surface area contributed by atoms with Crippen molar-refractivity contribution in [2.45, 2.75) is 11.8 Å². The van der Waals surface area contributed by atoms with Gasteiger partial charge in [-0.3, -0.25) is 4.79 Å². The van der Waals surface area contributed by atoms with E-state index in [1.807, 2.05) is 6.07 Å². The molecule has 0 radical (unpaired) electrons. The van der Waals surface area contributed by atoms with Gasteiger partial charge in [-0.15, -0.1) is 0 Å². The molecule has 2 aromatic carbocycles. The zero-order valence-electron chi connectivity index (χ0n) is 18.1. The van der Waals surface area contributed by atoms with Crippen LogP contribution in [0, 0.1) is 0 Å². The molecular formula is C23H21N5O5S. The second-order valence-electron chi connectivity index (χ2n) is 7.33. The first-order valence-electron chi connectivity index (χ1n) is 10.3. The molecular weight excluding hydrogens is 458 g/mol. The minimum Gasteiger partial charge on any atom is -0.477 e. The van der Waals surface area contributed by atoms with Crippen LogP contribution in [0.15, 0.2) is 71.6 Å². The lowest BCUT2D eigenvalue weighted by atomic mass is 10.2. The van der Waals surface area contributed by atoms with Gasteiger partial charge in [0, 0.05) is 25.6 Å². The first kappa shape index (κ1) is 22.9. The quantitative estimate of drug-likeness (QED) is 0.327. The number of anilines is 1. The fourth-order valence-corrected chi connectivity index (χ4v) is 4.88. The third-order valence-corrected chi connectivity index (χ3v) is 6.66. The number of hydrogen-bond acceptors (Lipinski definition) is 7. The molecule has 34 heavy (non-hydrogen) atoms. The molecule has 4 aromatic rings. The van der Waals surface area contributed by atoms with Crippen LogP contribution in [0.2, 0.25) is 0 Å². The van der Waals surface area contributed by atoms with Crippen LogP contribution in [-0.4, -0.2) is 52.4 Å². The van der Waals surface area contributed by atoms with E-state index in [9.17, 15) is 23.1 Å². The van der Waals surface area contributed by atoms with Crippen LogP contribution in [0.25, 0.3) is 22.4 Å². The van der Waals surface area contributed by atoms with Crippen LogP contribution in [0.5, 0.6) is 0 Å². The van der Waals surface area contributed by atoms with E-state index >= 15 is 0 Å². The van der Waals surface area contributed by atoms with Crippen molar-refractivity contribution in [1.82, 2.24) is 19.3 Å². The Labute approximate surface area is 195 Å². The van der Waals surface area contributed by atoms with Crippen LogP contribution in [-0.2, 0) is 14.8 Å². The highest BCUT2D eigenvalue weighted by atomic mass is 32.2. The molecule has 174 valence electrons. The second kappa shape index (κ2) is 9.32. The van der Waals surface area contributed by atoms with Crippen molar-refractivity contribution in [2.75, 3.05) is 18.4 Å². The maximum atomic E-state index is 13.5. The number of amides is 1. The number of nitrogens with zero attached hydrogens (tertiary/aromatic N) is 3. The third-order valence-electron chi connectivity index (χ3n) is 4.94. The molecule has 10 nitrogen and oxygen atoms in total. The molecule has 0 saturated heterocycles. The SMILES string of the molecule is CC(=O)NCCNc1nc(-c2ccccc2)nc2c1cc(C(=O)O)n2S(=O)(=O)c1ccccc1. The van der Waals surface area contributed by atoms with E-state index in [2.05, 4.69) is 20.6 Å². The number of benzene rings is 2. The smallest absolute Gasteiger partial charge is 0.353 e.